The van der Waals surface area contributed by atoms with Gasteiger partial charge in [0.15, 0.2) is 0 Å². The number of para-hydroxylation sites is 2. The van der Waals surface area contributed by atoms with Crippen molar-refractivity contribution < 1.29 is 4.74 Å². The van der Waals surface area contributed by atoms with E-state index in [1.165, 1.54) is 11.3 Å². The van der Waals surface area contributed by atoms with Gasteiger partial charge in [-0.15, -0.1) is 24.8 Å². The Bertz CT molecular complexity index is 1040. The first-order chi connectivity index (χ1) is 12.9. The Morgan fingerprint density at radius 1 is 0.857 bits per heavy atom. The largest absolute Gasteiger partial charge is 0.379 e. The van der Waals surface area contributed by atoms with Crippen LogP contribution in [0.25, 0.3) is 28.1 Å². The van der Waals surface area contributed by atoms with E-state index in [-0.39, 0.29) is 24.8 Å². The van der Waals surface area contributed by atoms with Gasteiger partial charge in [0, 0.05) is 32.4 Å². The quantitative estimate of drug-likeness (QED) is 0.499. The lowest BCUT2D eigenvalue weighted by atomic mass is 10.2. The molecule has 0 N–H and O–H groups in total. The molecule has 0 radical (unpaired) electrons. The summed E-state index contributed by atoms with van der Waals surface area (Å²) in [5.41, 5.74) is 4.64. The first-order valence-electron chi connectivity index (χ1n) is 9.22. The minimum absolute atomic E-state index is 0. The standard InChI is InChI=1S/C21H22N4O.2ClH/c1-2-6-17(7-3-1)20-16-25-19-9-5-4-8-18(19)22-21(25)24(20)11-10-23-12-14-26-15-13-23;;/h1-9,16H,10-15H2;2*1H. The topological polar surface area (TPSA) is 34.7 Å². The third-order valence-electron chi connectivity index (χ3n) is 5.17. The molecule has 1 aliphatic rings. The molecule has 5 nitrogen and oxygen atoms in total. The predicted octanol–water partition coefficient (Wildman–Crippen LogP) is 4.13. The number of ether oxygens (including phenoxy) is 1. The summed E-state index contributed by atoms with van der Waals surface area (Å²) in [6.07, 6.45) is 2.22. The van der Waals surface area contributed by atoms with Gasteiger partial charge in [-0.25, -0.2) is 4.98 Å². The number of hydrogen-bond acceptors (Lipinski definition) is 3. The SMILES string of the molecule is Cl.Cl.c1ccc(-c2cn3c4ccccc4nc3n2CCN2CCOCC2)cc1. The molecule has 2 aromatic heterocycles. The monoisotopic (exact) mass is 418 g/mol. The third kappa shape index (κ3) is 3.76. The maximum atomic E-state index is 5.48. The predicted molar refractivity (Wildman–Crippen MR) is 118 cm³/mol. The molecule has 0 bridgehead atoms. The van der Waals surface area contributed by atoms with Gasteiger partial charge < -0.3 is 9.30 Å². The number of aromatic nitrogens is 3. The number of hydrogen-bond donors (Lipinski definition) is 0. The smallest absolute Gasteiger partial charge is 0.215 e. The molecule has 1 saturated heterocycles. The van der Waals surface area contributed by atoms with Crippen LogP contribution < -0.4 is 0 Å². The van der Waals surface area contributed by atoms with Crippen molar-refractivity contribution in [2.24, 2.45) is 0 Å². The number of fused-ring (bicyclic) bond motifs is 3. The molecular formula is C21H24Cl2N4O. The van der Waals surface area contributed by atoms with Gasteiger partial charge in [-0.2, -0.15) is 0 Å². The summed E-state index contributed by atoms with van der Waals surface area (Å²) < 4.78 is 10.0. The van der Waals surface area contributed by atoms with Gasteiger partial charge in [0.2, 0.25) is 5.78 Å². The van der Waals surface area contributed by atoms with Crippen molar-refractivity contribution in [2.45, 2.75) is 6.54 Å². The Morgan fingerprint density at radius 2 is 1.57 bits per heavy atom. The number of benzene rings is 2. The van der Waals surface area contributed by atoms with Crippen LogP contribution in [-0.2, 0) is 11.3 Å². The fourth-order valence-electron chi connectivity index (χ4n) is 3.78. The second-order valence-corrected chi connectivity index (χ2v) is 6.76. The molecule has 0 aliphatic carbocycles. The van der Waals surface area contributed by atoms with Gasteiger partial charge in [0.25, 0.3) is 0 Å². The Morgan fingerprint density at radius 3 is 2.36 bits per heavy atom. The summed E-state index contributed by atoms with van der Waals surface area (Å²) >= 11 is 0. The average molecular weight is 419 g/mol. The number of morpholine rings is 1. The molecule has 0 saturated carbocycles. The van der Waals surface area contributed by atoms with E-state index in [0.29, 0.717) is 0 Å². The number of imidazole rings is 2. The lowest BCUT2D eigenvalue weighted by Crippen LogP contribution is -2.38. The molecule has 2 aromatic carbocycles. The third-order valence-corrected chi connectivity index (χ3v) is 5.17. The molecular weight excluding hydrogens is 395 g/mol. The van der Waals surface area contributed by atoms with E-state index >= 15 is 0 Å². The number of halogens is 2. The van der Waals surface area contributed by atoms with Crippen LogP contribution in [0.2, 0.25) is 0 Å². The molecule has 3 heterocycles. The zero-order valence-electron chi connectivity index (χ0n) is 15.5. The van der Waals surface area contributed by atoms with Crippen molar-refractivity contribution >= 4 is 41.6 Å². The van der Waals surface area contributed by atoms with Crippen molar-refractivity contribution in [3.8, 4) is 11.3 Å². The number of nitrogens with zero attached hydrogens (tertiary/aromatic N) is 4. The van der Waals surface area contributed by atoms with Crippen LogP contribution in [0.5, 0.6) is 0 Å². The zero-order valence-corrected chi connectivity index (χ0v) is 17.2. The van der Waals surface area contributed by atoms with E-state index in [4.69, 9.17) is 9.72 Å². The summed E-state index contributed by atoms with van der Waals surface area (Å²) in [4.78, 5) is 7.38. The molecule has 1 aliphatic heterocycles. The van der Waals surface area contributed by atoms with Crippen molar-refractivity contribution in [3.63, 3.8) is 0 Å². The van der Waals surface area contributed by atoms with E-state index in [9.17, 15) is 0 Å². The molecule has 0 unspecified atom stereocenters. The van der Waals surface area contributed by atoms with E-state index in [0.717, 1.165) is 56.2 Å². The first kappa shape index (κ1) is 20.7. The second-order valence-electron chi connectivity index (χ2n) is 6.76. The highest BCUT2D eigenvalue weighted by Gasteiger charge is 2.17. The molecule has 7 heteroatoms. The molecule has 0 amide bonds. The Labute approximate surface area is 176 Å². The van der Waals surface area contributed by atoms with E-state index < -0.39 is 0 Å². The summed E-state index contributed by atoms with van der Waals surface area (Å²) in [6, 6.07) is 18.9. The van der Waals surface area contributed by atoms with Crippen LogP contribution in [0.3, 0.4) is 0 Å². The van der Waals surface area contributed by atoms with Crippen LogP contribution in [0, 0.1) is 0 Å². The van der Waals surface area contributed by atoms with Crippen molar-refractivity contribution in [1.29, 1.82) is 0 Å². The Balaban J connectivity index is 0.00000112. The lowest BCUT2D eigenvalue weighted by Gasteiger charge is -2.26. The van der Waals surface area contributed by atoms with Gasteiger partial charge >= 0.3 is 0 Å². The highest BCUT2D eigenvalue weighted by atomic mass is 35.5. The van der Waals surface area contributed by atoms with E-state index in [1.807, 2.05) is 6.07 Å². The van der Waals surface area contributed by atoms with Gasteiger partial charge in [-0.05, 0) is 17.7 Å². The van der Waals surface area contributed by atoms with Gasteiger partial charge in [-0.1, -0.05) is 42.5 Å². The van der Waals surface area contributed by atoms with Gasteiger partial charge in [0.1, 0.15) is 0 Å². The molecule has 1 fully saturated rings. The lowest BCUT2D eigenvalue weighted by molar-refractivity contribution is 0.0365. The normalized spacial score (nSPS) is 14.7. The van der Waals surface area contributed by atoms with E-state index in [1.54, 1.807) is 0 Å². The molecule has 148 valence electrons. The molecule has 0 spiro atoms. The fourth-order valence-corrected chi connectivity index (χ4v) is 3.78. The van der Waals surface area contributed by atoms with Crippen molar-refractivity contribution in [1.82, 2.24) is 18.9 Å². The van der Waals surface area contributed by atoms with Crippen LogP contribution >= 0.6 is 24.8 Å². The van der Waals surface area contributed by atoms with Crippen LogP contribution in [0.4, 0.5) is 0 Å². The van der Waals surface area contributed by atoms with Gasteiger partial charge in [-0.3, -0.25) is 9.30 Å². The zero-order chi connectivity index (χ0) is 17.3. The first-order valence-corrected chi connectivity index (χ1v) is 9.22. The summed E-state index contributed by atoms with van der Waals surface area (Å²) in [5.74, 6) is 1.01. The van der Waals surface area contributed by atoms with Gasteiger partial charge in [0.05, 0.1) is 29.9 Å². The maximum Gasteiger partial charge on any atom is 0.215 e. The van der Waals surface area contributed by atoms with Crippen molar-refractivity contribution in [2.75, 3.05) is 32.8 Å². The minimum Gasteiger partial charge on any atom is -0.379 e. The molecule has 28 heavy (non-hydrogen) atoms. The molecule has 0 atom stereocenters. The summed E-state index contributed by atoms with van der Waals surface area (Å²) in [7, 11) is 0. The molecule has 5 rings (SSSR count). The molecule has 4 aromatic rings. The Kier molecular flexibility index (Phi) is 6.62. The van der Waals surface area contributed by atoms with E-state index in [2.05, 4.69) is 68.6 Å². The highest BCUT2D eigenvalue weighted by Crippen LogP contribution is 2.26. The number of rotatable bonds is 4. The Hall–Kier alpha value is -2.05. The summed E-state index contributed by atoms with van der Waals surface area (Å²) in [5, 5.41) is 0. The van der Waals surface area contributed by atoms with Crippen LogP contribution in [0.1, 0.15) is 0 Å². The van der Waals surface area contributed by atoms with Crippen molar-refractivity contribution in [3.05, 3.63) is 60.8 Å². The summed E-state index contributed by atoms with van der Waals surface area (Å²) in [6.45, 7) is 5.61. The van der Waals surface area contributed by atoms with Crippen LogP contribution in [0.15, 0.2) is 60.8 Å². The second kappa shape index (κ2) is 8.97. The minimum atomic E-state index is 0. The average Bonchev–Trinajstić information content (AvgIpc) is 3.24. The fraction of sp³-hybridized carbons (Fsp3) is 0.286. The maximum absolute atomic E-state index is 5.48. The highest BCUT2D eigenvalue weighted by molar-refractivity contribution is 5.85. The van der Waals surface area contributed by atoms with Crippen LogP contribution in [-0.4, -0.2) is 51.7 Å².